The highest BCUT2D eigenvalue weighted by Gasteiger charge is 2.04. The van der Waals surface area contributed by atoms with Gasteiger partial charge in [-0.05, 0) is 22.9 Å². The molecule has 1 aromatic rings. The standard InChI is InChI=1S/C8H9BrN4S/c1-6(12-5-10)13(2)4-7-3-11-8(9)14-7/h3H,4H2,1-2H3/b12-6+. The van der Waals surface area contributed by atoms with Crippen molar-refractivity contribution in [2.75, 3.05) is 7.05 Å². The molecule has 14 heavy (non-hydrogen) atoms. The van der Waals surface area contributed by atoms with Gasteiger partial charge in [-0.25, -0.2) is 4.98 Å². The number of aliphatic imine (C=N–C) groups is 1. The van der Waals surface area contributed by atoms with E-state index in [4.69, 9.17) is 5.26 Å². The van der Waals surface area contributed by atoms with Crippen molar-refractivity contribution in [3.63, 3.8) is 0 Å². The second kappa shape index (κ2) is 5.08. The normalized spacial score (nSPS) is 11.1. The third-order valence-corrected chi connectivity index (χ3v) is 3.14. The first kappa shape index (κ1) is 11.1. The second-order valence-corrected chi connectivity index (χ2v) is 5.09. The Morgan fingerprint density at radius 2 is 2.57 bits per heavy atom. The van der Waals surface area contributed by atoms with Gasteiger partial charge in [0.05, 0.1) is 6.54 Å². The van der Waals surface area contributed by atoms with Crippen LogP contribution in [0.15, 0.2) is 15.1 Å². The summed E-state index contributed by atoms with van der Waals surface area (Å²) in [5.74, 6) is 0.706. The van der Waals surface area contributed by atoms with E-state index < -0.39 is 0 Å². The Balaban J connectivity index is 2.62. The van der Waals surface area contributed by atoms with Gasteiger partial charge in [-0.15, -0.1) is 11.3 Å². The largest absolute Gasteiger partial charge is 0.357 e. The monoisotopic (exact) mass is 272 g/mol. The molecule has 6 heteroatoms. The summed E-state index contributed by atoms with van der Waals surface area (Å²) < 4.78 is 0.871. The zero-order valence-corrected chi connectivity index (χ0v) is 10.3. The summed E-state index contributed by atoms with van der Waals surface area (Å²) in [5, 5.41) is 8.37. The summed E-state index contributed by atoms with van der Waals surface area (Å²) in [6.07, 6.45) is 3.57. The van der Waals surface area contributed by atoms with E-state index in [-0.39, 0.29) is 0 Å². The molecule has 0 atom stereocenters. The number of nitriles is 1. The molecule has 0 bridgehead atoms. The summed E-state index contributed by atoms with van der Waals surface area (Å²) >= 11 is 4.87. The molecule has 0 aliphatic rings. The van der Waals surface area contributed by atoms with E-state index in [2.05, 4.69) is 25.9 Å². The molecule has 0 aliphatic carbocycles. The van der Waals surface area contributed by atoms with Crippen molar-refractivity contribution in [2.24, 2.45) is 4.99 Å². The van der Waals surface area contributed by atoms with Crippen LogP contribution >= 0.6 is 27.3 Å². The minimum atomic E-state index is 0.706. The number of aromatic nitrogens is 1. The average molecular weight is 273 g/mol. The van der Waals surface area contributed by atoms with Crippen LogP contribution in [0.2, 0.25) is 0 Å². The molecule has 0 saturated heterocycles. The topological polar surface area (TPSA) is 52.3 Å². The Morgan fingerprint density at radius 1 is 1.86 bits per heavy atom. The van der Waals surface area contributed by atoms with Crippen molar-refractivity contribution in [2.45, 2.75) is 13.5 Å². The Morgan fingerprint density at radius 3 is 3.07 bits per heavy atom. The van der Waals surface area contributed by atoms with Gasteiger partial charge in [-0.2, -0.15) is 10.3 Å². The molecule has 0 unspecified atom stereocenters. The van der Waals surface area contributed by atoms with Crippen LogP contribution < -0.4 is 0 Å². The number of thiazole rings is 1. The van der Waals surface area contributed by atoms with Crippen LogP contribution in [-0.2, 0) is 6.54 Å². The van der Waals surface area contributed by atoms with Gasteiger partial charge in [0.25, 0.3) is 0 Å². The van der Waals surface area contributed by atoms with Crippen LogP contribution in [0.25, 0.3) is 0 Å². The second-order valence-electron chi connectivity index (χ2n) is 2.69. The van der Waals surface area contributed by atoms with E-state index in [0.29, 0.717) is 5.84 Å². The highest BCUT2D eigenvalue weighted by molar-refractivity contribution is 9.11. The molecule has 0 aromatic carbocycles. The molecule has 1 heterocycles. The number of hydrogen-bond donors (Lipinski definition) is 0. The Bertz CT molecular complexity index is 379. The lowest BCUT2D eigenvalue weighted by Gasteiger charge is -2.15. The first-order valence-electron chi connectivity index (χ1n) is 3.88. The number of nitrogens with zero attached hydrogens (tertiary/aromatic N) is 4. The average Bonchev–Trinajstić information content (AvgIpc) is 2.51. The minimum absolute atomic E-state index is 0.706. The van der Waals surface area contributed by atoms with Gasteiger partial charge in [0.2, 0.25) is 6.19 Å². The lowest BCUT2D eigenvalue weighted by molar-refractivity contribution is 0.502. The zero-order valence-electron chi connectivity index (χ0n) is 7.86. The van der Waals surface area contributed by atoms with Crippen LogP contribution in [0.4, 0.5) is 0 Å². The molecular weight excluding hydrogens is 264 g/mol. The lowest BCUT2D eigenvalue weighted by Crippen LogP contribution is -2.22. The van der Waals surface area contributed by atoms with E-state index in [9.17, 15) is 0 Å². The molecule has 0 aliphatic heterocycles. The van der Waals surface area contributed by atoms with Crippen LogP contribution in [0.3, 0.4) is 0 Å². The van der Waals surface area contributed by atoms with Gasteiger partial charge in [-0.1, -0.05) is 0 Å². The summed E-state index contributed by atoms with van der Waals surface area (Å²) in [4.78, 5) is 10.8. The minimum Gasteiger partial charge on any atom is -0.357 e. The number of amidine groups is 1. The van der Waals surface area contributed by atoms with Gasteiger partial charge < -0.3 is 4.90 Å². The number of halogens is 1. The zero-order chi connectivity index (χ0) is 10.6. The van der Waals surface area contributed by atoms with Gasteiger partial charge >= 0.3 is 0 Å². The summed E-state index contributed by atoms with van der Waals surface area (Å²) in [6, 6.07) is 0. The first-order chi connectivity index (χ1) is 6.63. The maximum absolute atomic E-state index is 8.37. The molecule has 0 N–H and O–H groups in total. The molecule has 0 amide bonds. The Labute approximate surface area is 95.0 Å². The lowest BCUT2D eigenvalue weighted by atomic mass is 10.4. The third kappa shape index (κ3) is 3.09. The molecule has 1 rings (SSSR count). The number of rotatable bonds is 2. The van der Waals surface area contributed by atoms with Crippen molar-refractivity contribution in [3.8, 4) is 6.19 Å². The Hall–Kier alpha value is -0.930. The van der Waals surface area contributed by atoms with Crippen LogP contribution in [-0.4, -0.2) is 22.8 Å². The van der Waals surface area contributed by atoms with Crippen molar-refractivity contribution in [1.82, 2.24) is 9.88 Å². The van der Waals surface area contributed by atoms with Gasteiger partial charge in [0.15, 0.2) is 3.92 Å². The van der Waals surface area contributed by atoms with Crippen LogP contribution in [0.5, 0.6) is 0 Å². The van der Waals surface area contributed by atoms with E-state index in [1.807, 2.05) is 18.1 Å². The van der Waals surface area contributed by atoms with E-state index in [1.54, 1.807) is 24.5 Å². The van der Waals surface area contributed by atoms with Crippen molar-refractivity contribution in [3.05, 3.63) is 15.0 Å². The molecule has 0 radical (unpaired) electrons. The predicted octanol–water partition coefficient (Wildman–Crippen LogP) is 2.24. The molecule has 1 aromatic heterocycles. The van der Waals surface area contributed by atoms with Crippen LogP contribution in [0, 0.1) is 11.5 Å². The fraction of sp³-hybridized carbons (Fsp3) is 0.375. The molecule has 4 nitrogen and oxygen atoms in total. The van der Waals surface area contributed by atoms with Gasteiger partial charge in [-0.3, -0.25) is 0 Å². The number of hydrogen-bond acceptors (Lipinski definition) is 4. The summed E-state index contributed by atoms with van der Waals surface area (Å²) in [7, 11) is 1.89. The third-order valence-electron chi connectivity index (χ3n) is 1.68. The SMILES string of the molecule is C/C(=N\C#N)N(C)Cc1cnc(Br)s1. The smallest absolute Gasteiger partial charge is 0.207 e. The van der Waals surface area contributed by atoms with Crippen LogP contribution in [0.1, 0.15) is 11.8 Å². The molecule has 0 saturated carbocycles. The summed E-state index contributed by atoms with van der Waals surface area (Å²) in [6.45, 7) is 2.53. The highest BCUT2D eigenvalue weighted by Crippen LogP contribution is 2.19. The molecular formula is C8H9BrN4S. The van der Waals surface area contributed by atoms with Gasteiger partial charge in [0.1, 0.15) is 5.84 Å². The van der Waals surface area contributed by atoms with Crippen molar-refractivity contribution >= 4 is 33.1 Å². The fourth-order valence-corrected chi connectivity index (χ4v) is 2.27. The maximum atomic E-state index is 8.37. The fourth-order valence-electron chi connectivity index (χ4n) is 0.863. The van der Waals surface area contributed by atoms with Crippen molar-refractivity contribution < 1.29 is 0 Å². The predicted molar refractivity (Wildman–Crippen MR) is 60.0 cm³/mol. The van der Waals surface area contributed by atoms with E-state index in [0.717, 1.165) is 15.3 Å². The van der Waals surface area contributed by atoms with Gasteiger partial charge in [0, 0.05) is 18.1 Å². The summed E-state index contributed by atoms with van der Waals surface area (Å²) in [5.41, 5.74) is 0. The molecule has 0 spiro atoms. The maximum Gasteiger partial charge on any atom is 0.207 e. The van der Waals surface area contributed by atoms with E-state index >= 15 is 0 Å². The van der Waals surface area contributed by atoms with Crippen molar-refractivity contribution in [1.29, 1.82) is 5.26 Å². The van der Waals surface area contributed by atoms with E-state index in [1.165, 1.54) is 0 Å². The highest BCUT2D eigenvalue weighted by atomic mass is 79.9. The first-order valence-corrected chi connectivity index (χ1v) is 5.49. The quantitative estimate of drug-likeness (QED) is 0.471. The molecule has 0 fully saturated rings. The molecule has 74 valence electrons. The Kier molecular flexibility index (Phi) is 4.04.